The van der Waals surface area contributed by atoms with Crippen molar-refractivity contribution in [3.8, 4) is 0 Å². The van der Waals surface area contributed by atoms with Crippen LogP contribution in [0.4, 0.5) is 5.69 Å². The number of carboxylic acid groups (broad SMARTS) is 1. The maximum absolute atomic E-state index is 10.4. The van der Waals surface area contributed by atoms with Gasteiger partial charge in [-0.1, -0.05) is 15.9 Å². The van der Waals surface area contributed by atoms with Gasteiger partial charge in [-0.05, 0) is 24.3 Å². The van der Waals surface area contributed by atoms with Crippen LogP contribution in [0.1, 0.15) is 0 Å². The smallest absolute Gasteiger partial charge is 0.334 e. The van der Waals surface area contributed by atoms with Gasteiger partial charge >= 0.3 is 5.97 Å². The fourth-order valence-corrected chi connectivity index (χ4v) is 1.40. The average molecular weight is 274 g/mol. The Bertz CT molecular complexity index is 339. The van der Waals surface area contributed by atoms with Crippen molar-refractivity contribution in [1.82, 2.24) is 0 Å². The number of anilines is 1. The van der Waals surface area contributed by atoms with E-state index < -0.39 is 12.1 Å². The molecule has 1 aromatic carbocycles. The molecule has 0 saturated carbocycles. The minimum Gasteiger partial charge on any atom is -0.479 e. The predicted molar refractivity (Wildman–Crippen MR) is 61.1 cm³/mol. The minimum absolute atomic E-state index is 0.0664. The van der Waals surface area contributed by atoms with Gasteiger partial charge < -0.3 is 15.1 Å². The van der Waals surface area contributed by atoms with Crippen molar-refractivity contribution in [3.05, 3.63) is 28.7 Å². The van der Waals surface area contributed by atoms with Gasteiger partial charge in [-0.2, -0.15) is 0 Å². The highest BCUT2D eigenvalue weighted by Crippen LogP contribution is 2.17. The molecule has 4 nitrogen and oxygen atoms in total. The number of halogens is 1. The molecule has 5 heteroatoms. The summed E-state index contributed by atoms with van der Waals surface area (Å²) in [5, 5.41) is 17.7. The second-order valence-corrected chi connectivity index (χ2v) is 4.13. The highest BCUT2D eigenvalue weighted by atomic mass is 79.9. The molecule has 0 spiro atoms. The number of aliphatic hydroxyl groups is 1. The Morgan fingerprint density at radius 2 is 2.00 bits per heavy atom. The molecule has 2 N–H and O–H groups in total. The van der Waals surface area contributed by atoms with Crippen molar-refractivity contribution in [2.24, 2.45) is 0 Å². The first-order chi connectivity index (χ1) is 7.00. The van der Waals surface area contributed by atoms with Crippen LogP contribution in [-0.2, 0) is 4.79 Å². The molecular formula is C10H12BrNO3. The van der Waals surface area contributed by atoms with Crippen molar-refractivity contribution in [2.45, 2.75) is 6.10 Å². The van der Waals surface area contributed by atoms with Gasteiger partial charge in [0.2, 0.25) is 0 Å². The zero-order valence-electron chi connectivity index (χ0n) is 8.22. The standard InChI is InChI=1S/C10H12BrNO3/c1-12(6-9(13)10(14)15)8-4-2-7(11)3-5-8/h2-5,9,13H,6H2,1H3,(H,14,15). The number of rotatable bonds is 4. The van der Waals surface area contributed by atoms with E-state index in [1.807, 2.05) is 24.3 Å². The van der Waals surface area contributed by atoms with E-state index in [1.165, 1.54) is 0 Å². The summed E-state index contributed by atoms with van der Waals surface area (Å²) in [4.78, 5) is 12.1. The molecule has 15 heavy (non-hydrogen) atoms. The third-order valence-corrected chi connectivity index (χ3v) is 2.53. The fourth-order valence-electron chi connectivity index (χ4n) is 1.14. The van der Waals surface area contributed by atoms with Crippen LogP contribution < -0.4 is 4.90 Å². The van der Waals surface area contributed by atoms with Gasteiger partial charge in [-0.3, -0.25) is 0 Å². The van der Waals surface area contributed by atoms with Crippen LogP contribution in [-0.4, -0.2) is 35.9 Å². The Morgan fingerprint density at radius 3 is 2.47 bits per heavy atom. The third kappa shape index (κ3) is 3.53. The monoisotopic (exact) mass is 273 g/mol. The minimum atomic E-state index is -1.36. The van der Waals surface area contributed by atoms with Crippen LogP contribution in [0, 0.1) is 0 Å². The first-order valence-electron chi connectivity index (χ1n) is 4.38. The molecule has 1 aromatic rings. The van der Waals surface area contributed by atoms with Crippen LogP contribution in [0.2, 0.25) is 0 Å². The maximum Gasteiger partial charge on any atom is 0.334 e. The van der Waals surface area contributed by atoms with Crippen molar-refractivity contribution < 1.29 is 15.0 Å². The van der Waals surface area contributed by atoms with Gasteiger partial charge in [0, 0.05) is 17.2 Å². The molecule has 0 bridgehead atoms. The van der Waals surface area contributed by atoms with Gasteiger partial charge in [-0.15, -0.1) is 0 Å². The Kier molecular flexibility index (Phi) is 4.11. The summed E-state index contributed by atoms with van der Waals surface area (Å²) in [6, 6.07) is 7.41. The fraction of sp³-hybridized carbons (Fsp3) is 0.300. The van der Waals surface area contributed by atoms with Crippen molar-refractivity contribution in [1.29, 1.82) is 0 Å². The first-order valence-corrected chi connectivity index (χ1v) is 5.17. The normalized spacial score (nSPS) is 12.2. The molecular weight excluding hydrogens is 262 g/mol. The van der Waals surface area contributed by atoms with E-state index in [4.69, 9.17) is 10.2 Å². The molecule has 0 heterocycles. The zero-order valence-corrected chi connectivity index (χ0v) is 9.81. The molecule has 0 saturated heterocycles. The summed E-state index contributed by atoms with van der Waals surface area (Å²) in [7, 11) is 1.73. The Morgan fingerprint density at radius 1 is 1.47 bits per heavy atom. The van der Waals surface area contributed by atoms with E-state index in [0.717, 1.165) is 10.2 Å². The van der Waals surface area contributed by atoms with Crippen LogP contribution >= 0.6 is 15.9 Å². The van der Waals surface area contributed by atoms with Gasteiger partial charge in [0.25, 0.3) is 0 Å². The first kappa shape index (κ1) is 12.0. The molecule has 0 aliphatic carbocycles. The summed E-state index contributed by atoms with van der Waals surface area (Å²) < 4.78 is 0.957. The molecule has 0 radical (unpaired) electrons. The van der Waals surface area contributed by atoms with Gasteiger partial charge in [0.15, 0.2) is 6.10 Å². The van der Waals surface area contributed by atoms with Crippen molar-refractivity contribution in [3.63, 3.8) is 0 Å². The highest BCUT2D eigenvalue weighted by Gasteiger charge is 2.15. The van der Waals surface area contributed by atoms with Crippen LogP contribution in [0.5, 0.6) is 0 Å². The van der Waals surface area contributed by atoms with Crippen LogP contribution in [0.25, 0.3) is 0 Å². The number of nitrogens with zero attached hydrogens (tertiary/aromatic N) is 1. The topological polar surface area (TPSA) is 60.8 Å². The Balaban J connectivity index is 2.64. The summed E-state index contributed by atoms with van der Waals surface area (Å²) in [5.41, 5.74) is 0.860. The van der Waals surface area contributed by atoms with E-state index in [0.29, 0.717) is 0 Å². The number of aliphatic hydroxyl groups excluding tert-OH is 1. The quantitative estimate of drug-likeness (QED) is 0.869. The van der Waals surface area contributed by atoms with Crippen molar-refractivity contribution >= 4 is 27.6 Å². The second kappa shape index (κ2) is 5.14. The number of likely N-dealkylation sites (N-methyl/N-ethyl adjacent to an activating group) is 1. The van der Waals surface area contributed by atoms with E-state index in [9.17, 15) is 4.79 Å². The van der Waals surface area contributed by atoms with E-state index in [2.05, 4.69) is 15.9 Å². The summed E-state index contributed by atoms with van der Waals surface area (Å²) in [6.45, 7) is 0.0664. The van der Waals surface area contributed by atoms with Crippen LogP contribution in [0.15, 0.2) is 28.7 Å². The van der Waals surface area contributed by atoms with E-state index in [-0.39, 0.29) is 6.54 Å². The second-order valence-electron chi connectivity index (χ2n) is 3.21. The van der Waals surface area contributed by atoms with Gasteiger partial charge in [-0.25, -0.2) is 4.79 Å². The van der Waals surface area contributed by atoms with E-state index >= 15 is 0 Å². The molecule has 0 aromatic heterocycles. The Hall–Kier alpha value is -1.07. The number of aliphatic carboxylic acids is 1. The molecule has 1 atom stereocenters. The van der Waals surface area contributed by atoms with Crippen molar-refractivity contribution in [2.75, 3.05) is 18.5 Å². The summed E-state index contributed by atoms with van der Waals surface area (Å²) >= 11 is 3.31. The number of benzene rings is 1. The Labute approximate surface area is 96.3 Å². The molecule has 0 fully saturated rings. The molecule has 1 rings (SSSR count). The third-order valence-electron chi connectivity index (χ3n) is 2.00. The van der Waals surface area contributed by atoms with Crippen LogP contribution in [0.3, 0.4) is 0 Å². The number of hydrogen-bond acceptors (Lipinski definition) is 3. The lowest BCUT2D eigenvalue weighted by molar-refractivity contribution is -0.146. The lowest BCUT2D eigenvalue weighted by Gasteiger charge is -2.20. The predicted octanol–water partition coefficient (Wildman–Crippen LogP) is 1.33. The summed E-state index contributed by atoms with van der Waals surface area (Å²) in [5.74, 6) is -1.21. The average Bonchev–Trinajstić information content (AvgIpc) is 2.18. The molecule has 0 amide bonds. The van der Waals surface area contributed by atoms with Gasteiger partial charge in [0.05, 0.1) is 6.54 Å². The number of hydrogen-bond donors (Lipinski definition) is 2. The lowest BCUT2D eigenvalue weighted by atomic mass is 10.2. The highest BCUT2D eigenvalue weighted by molar-refractivity contribution is 9.10. The maximum atomic E-state index is 10.4. The molecule has 1 unspecified atom stereocenters. The number of carboxylic acids is 1. The zero-order chi connectivity index (χ0) is 11.4. The molecule has 82 valence electrons. The number of carbonyl (C=O) groups is 1. The summed E-state index contributed by atoms with van der Waals surface area (Å²) in [6.07, 6.45) is -1.36. The SMILES string of the molecule is CN(CC(O)C(=O)O)c1ccc(Br)cc1. The molecule has 0 aliphatic rings. The molecule has 0 aliphatic heterocycles. The largest absolute Gasteiger partial charge is 0.479 e. The van der Waals surface area contributed by atoms with E-state index in [1.54, 1.807) is 11.9 Å². The lowest BCUT2D eigenvalue weighted by Crippen LogP contribution is -2.34. The van der Waals surface area contributed by atoms with Gasteiger partial charge in [0.1, 0.15) is 0 Å².